The largest absolute Gasteiger partial charge is 0.465 e. The molecule has 34 heavy (non-hydrogen) atoms. The molecule has 16 heteroatoms. The number of alkyl halides is 9. The molecule has 0 bridgehead atoms. The Labute approximate surface area is 188 Å². The highest BCUT2D eigenvalue weighted by atomic mass is 32.2. The molecule has 1 unspecified atom stereocenters. The van der Waals surface area contributed by atoms with Crippen molar-refractivity contribution in [1.29, 1.82) is 0 Å². The summed E-state index contributed by atoms with van der Waals surface area (Å²) in [6.07, 6.45) is -4.47. The lowest BCUT2D eigenvalue weighted by Gasteiger charge is -2.33. The molecular formula is C18H16F9N3O3S. The van der Waals surface area contributed by atoms with E-state index in [0.29, 0.717) is 5.56 Å². The molecule has 0 fully saturated rings. The van der Waals surface area contributed by atoms with E-state index in [1.165, 1.54) is 42.2 Å². The van der Waals surface area contributed by atoms with Gasteiger partial charge in [-0.25, -0.2) is 18.4 Å². The number of nitrogens with one attached hydrogen (secondary N) is 1. The predicted octanol–water partition coefficient (Wildman–Crippen LogP) is 4.46. The first-order valence-electron chi connectivity index (χ1n) is 9.14. The van der Waals surface area contributed by atoms with E-state index in [4.69, 9.17) is 0 Å². The van der Waals surface area contributed by atoms with Crippen molar-refractivity contribution in [3.05, 3.63) is 47.8 Å². The molecule has 0 saturated heterocycles. The SMILES string of the molecule is CCOC(=O)[C@@H](NS(=O)C(F)(F)C(F)(F)C(F)(F)C(F)(F)F)c1ccc(C)cc1-n1cccn1. The van der Waals surface area contributed by atoms with E-state index in [-0.39, 0.29) is 17.9 Å². The fourth-order valence-electron chi connectivity index (χ4n) is 2.63. The summed E-state index contributed by atoms with van der Waals surface area (Å²) in [4.78, 5) is 12.4. The van der Waals surface area contributed by atoms with Crippen molar-refractivity contribution in [3.8, 4) is 5.69 Å². The number of hydrogen-bond acceptors (Lipinski definition) is 4. The maximum absolute atomic E-state index is 14.1. The molecule has 1 aromatic carbocycles. The molecule has 0 radical (unpaired) electrons. The Kier molecular flexibility index (Phi) is 7.77. The normalized spacial score (nSPS) is 15.1. The lowest BCUT2D eigenvalue weighted by molar-refractivity contribution is -0.381. The van der Waals surface area contributed by atoms with Gasteiger partial charge >= 0.3 is 29.2 Å². The van der Waals surface area contributed by atoms with Gasteiger partial charge in [-0.05, 0) is 31.5 Å². The Balaban J connectivity index is 2.56. The van der Waals surface area contributed by atoms with Crippen LogP contribution in [-0.4, -0.2) is 49.8 Å². The second-order valence-corrected chi connectivity index (χ2v) is 8.03. The topological polar surface area (TPSA) is 73.2 Å². The second kappa shape index (κ2) is 9.56. The van der Waals surface area contributed by atoms with Crippen LogP contribution in [0.2, 0.25) is 0 Å². The summed E-state index contributed by atoms with van der Waals surface area (Å²) < 4.78 is 138. The summed E-state index contributed by atoms with van der Waals surface area (Å²) in [6.45, 7) is 2.49. The van der Waals surface area contributed by atoms with Crippen LogP contribution in [0.4, 0.5) is 39.5 Å². The average Bonchev–Trinajstić information content (AvgIpc) is 3.25. The zero-order valence-electron chi connectivity index (χ0n) is 17.2. The third-order valence-corrected chi connectivity index (χ3v) is 5.52. The highest BCUT2D eigenvalue weighted by Gasteiger charge is 2.83. The Morgan fingerprint density at radius 1 is 1.12 bits per heavy atom. The first-order chi connectivity index (χ1) is 15.5. The number of halogens is 9. The molecule has 0 spiro atoms. The van der Waals surface area contributed by atoms with Crippen molar-refractivity contribution >= 4 is 17.0 Å². The van der Waals surface area contributed by atoms with Gasteiger partial charge in [0, 0.05) is 18.0 Å². The first kappa shape index (κ1) is 27.6. The van der Waals surface area contributed by atoms with Crippen LogP contribution in [0.5, 0.6) is 0 Å². The Morgan fingerprint density at radius 2 is 1.74 bits per heavy atom. The van der Waals surface area contributed by atoms with E-state index in [9.17, 15) is 48.5 Å². The number of esters is 1. The van der Waals surface area contributed by atoms with Gasteiger partial charge in [0.15, 0.2) is 11.0 Å². The minimum absolute atomic E-state index is 0.0109. The Hall–Kier alpha value is -2.62. The summed E-state index contributed by atoms with van der Waals surface area (Å²) in [5, 5.41) is -2.61. The quantitative estimate of drug-likeness (QED) is 0.388. The Morgan fingerprint density at radius 3 is 2.24 bits per heavy atom. The molecule has 1 aromatic heterocycles. The van der Waals surface area contributed by atoms with Gasteiger partial charge in [-0.2, -0.15) is 44.6 Å². The fraction of sp³-hybridized carbons (Fsp3) is 0.444. The number of benzene rings is 1. The van der Waals surface area contributed by atoms with Gasteiger partial charge in [-0.15, -0.1) is 0 Å². The van der Waals surface area contributed by atoms with Gasteiger partial charge < -0.3 is 4.74 Å². The van der Waals surface area contributed by atoms with Crippen LogP contribution >= 0.6 is 0 Å². The highest BCUT2D eigenvalue weighted by molar-refractivity contribution is 7.84. The van der Waals surface area contributed by atoms with Crippen molar-refractivity contribution in [2.45, 2.75) is 43.2 Å². The van der Waals surface area contributed by atoms with Gasteiger partial charge in [-0.3, -0.25) is 0 Å². The van der Waals surface area contributed by atoms with Gasteiger partial charge in [0.05, 0.1) is 12.3 Å². The number of aromatic nitrogens is 2. The van der Waals surface area contributed by atoms with E-state index >= 15 is 0 Å². The minimum Gasteiger partial charge on any atom is -0.465 e. The number of carbonyl (C=O) groups excluding carboxylic acids is 1. The standard InChI is InChI=1S/C18H16F9N3O3S/c1-3-33-14(31)13(11-6-5-10(2)9-12(11)30-8-4-7-28-30)29-34(32)18(26,27)16(21,22)15(19,20)17(23,24)25/h4-9,13,29H,3H2,1-2H3/t13-,34?/m0/s1. The van der Waals surface area contributed by atoms with Crippen LogP contribution in [0.25, 0.3) is 5.69 Å². The summed E-state index contributed by atoms with van der Waals surface area (Å²) in [5.74, 6) is -15.8. The van der Waals surface area contributed by atoms with Crippen molar-refractivity contribution < 1.29 is 53.3 Å². The van der Waals surface area contributed by atoms with Crippen LogP contribution in [0.15, 0.2) is 36.7 Å². The molecule has 1 heterocycles. The first-order valence-corrected chi connectivity index (χ1v) is 10.3. The number of rotatable bonds is 9. The number of aryl methyl sites for hydroxylation is 1. The number of ether oxygens (including phenoxy) is 1. The predicted molar refractivity (Wildman–Crippen MR) is 99.8 cm³/mol. The lowest BCUT2D eigenvalue weighted by atomic mass is 10.0. The summed E-state index contributed by atoms with van der Waals surface area (Å²) in [5.41, 5.74) is 0.214. The molecule has 2 atom stereocenters. The molecule has 1 N–H and O–H groups in total. The zero-order chi connectivity index (χ0) is 26.1. The van der Waals surface area contributed by atoms with Crippen molar-refractivity contribution in [2.24, 2.45) is 0 Å². The van der Waals surface area contributed by atoms with Gasteiger partial charge in [-0.1, -0.05) is 12.1 Å². The summed E-state index contributed by atoms with van der Waals surface area (Å²) >= 11 is 0. The van der Waals surface area contributed by atoms with Gasteiger partial charge in [0.1, 0.15) is 6.04 Å². The molecular weight excluding hydrogens is 509 g/mol. The van der Waals surface area contributed by atoms with Gasteiger partial charge in [0.25, 0.3) is 0 Å². The molecule has 0 saturated carbocycles. The maximum Gasteiger partial charge on any atom is 0.460 e. The summed E-state index contributed by atoms with van der Waals surface area (Å²) in [7, 11) is -4.64. The van der Waals surface area contributed by atoms with Crippen molar-refractivity contribution in [3.63, 3.8) is 0 Å². The Bertz CT molecular complexity index is 1040. The molecule has 0 aliphatic rings. The van der Waals surface area contributed by atoms with E-state index in [0.717, 1.165) is 10.7 Å². The number of hydrogen-bond donors (Lipinski definition) is 1. The van der Waals surface area contributed by atoms with E-state index in [2.05, 4.69) is 9.84 Å². The van der Waals surface area contributed by atoms with Crippen LogP contribution < -0.4 is 4.72 Å². The highest BCUT2D eigenvalue weighted by Crippen LogP contribution is 2.54. The number of nitrogens with zero attached hydrogens (tertiary/aromatic N) is 2. The second-order valence-electron chi connectivity index (χ2n) is 6.75. The van der Waals surface area contributed by atoms with Crippen LogP contribution in [-0.2, 0) is 20.5 Å². The van der Waals surface area contributed by atoms with Crippen LogP contribution in [0.3, 0.4) is 0 Å². The fourth-order valence-corrected chi connectivity index (χ4v) is 3.58. The minimum atomic E-state index is -7.25. The number of carbonyl (C=O) groups is 1. The zero-order valence-corrected chi connectivity index (χ0v) is 18.0. The molecule has 190 valence electrons. The van der Waals surface area contributed by atoms with Crippen molar-refractivity contribution in [2.75, 3.05) is 6.61 Å². The third-order valence-electron chi connectivity index (χ3n) is 4.34. The van der Waals surface area contributed by atoms with E-state index in [1.807, 2.05) is 0 Å². The molecule has 0 aliphatic heterocycles. The van der Waals surface area contributed by atoms with Crippen LogP contribution in [0, 0.1) is 6.92 Å². The lowest BCUT2D eigenvalue weighted by Crippen LogP contribution is -2.63. The third kappa shape index (κ3) is 4.92. The molecule has 2 rings (SSSR count). The molecule has 6 nitrogen and oxygen atoms in total. The smallest absolute Gasteiger partial charge is 0.460 e. The van der Waals surface area contributed by atoms with E-state index in [1.54, 1.807) is 6.92 Å². The summed E-state index contributed by atoms with van der Waals surface area (Å²) in [6, 6.07) is 3.00. The van der Waals surface area contributed by atoms with Gasteiger partial charge in [0.2, 0.25) is 0 Å². The maximum atomic E-state index is 14.1. The van der Waals surface area contributed by atoms with Crippen molar-refractivity contribution in [1.82, 2.24) is 14.5 Å². The molecule has 0 aliphatic carbocycles. The molecule has 0 amide bonds. The van der Waals surface area contributed by atoms with E-state index < -0.39 is 46.3 Å². The molecule has 2 aromatic rings. The monoisotopic (exact) mass is 525 g/mol. The average molecular weight is 525 g/mol. The van der Waals surface area contributed by atoms with Crippen LogP contribution in [0.1, 0.15) is 24.1 Å².